The summed E-state index contributed by atoms with van der Waals surface area (Å²) in [7, 11) is 0. The molecule has 3 aromatic rings. The van der Waals surface area contributed by atoms with Gasteiger partial charge < -0.3 is 10.6 Å². The van der Waals surface area contributed by atoms with Crippen LogP contribution in [0.5, 0.6) is 0 Å². The number of pyridine rings is 1. The van der Waals surface area contributed by atoms with Gasteiger partial charge in [-0.05, 0) is 48.9 Å². The van der Waals surface area contributed by atoms with Crippen molar-refractivity contribution >= 4 is 34.8 Å². The molecule has 0 bridgehead atoms. The maximum Gasteiger partial charge on any atom is 0.255 e. The Bertz CT molecular complexity index is 1180. The van der Waals surface area contributed by atoms with Crippen molar-refractivity contribution in [3.63, 3.8) is 0 Å². The van der Waals surface area contributed by atoms with E-state index in [1.165, 1.54) is 0 Å². The van der Waals surface area contributed by atoms with Crippen LogP contribution in [0.2, 0.25) is 5.02 Å². The molecule has 32 heavy (non-hydrogen) atoms. The Kier molecular flexibility index (Phi) is 6.49. The number of nitrogens with zero attached hydrogens (tertiary/aromatic N) is 2. The summed E-state index contributed by atoms with van der Waals surface area (Å²) in [5.74, 6) is -0.373. The van der Waals surface area contributed by atoms with E-state index in [0.717, 1.165) is 22.6 Å². The molecule has 162 valence electrons. The second kappa shape index (κ2) is 9.64. The first-order valence-corrected chi connectivity index (χ1v) is 10.5. The molecule has 3 N–H and O–H groups in total. The monoisotopic (exact) mass is 447 g/mol. The molecule has 8 heteroatoms. The quantitative estimate of drug-likeness (QED) is 0.534. The zero-order chi connectivity index (χ0) is 22.5. The number of aromatic nitrogens is 1. The number of benzene rings is 2. The van der Waals surface area contributed by atoms with Crippen molar-refractivity contribution < 1.29 is 9.59 Å². The number of halogens is 1. The summed E-state index contributed by atoms with van der Waals surface area (Å²) in [6.07, 6.45) is 3.62. The Hall–Kier alpha value is -3.68. The predicted molar refractivity (Wildman–Crippen MR) is 125 cm³/mol. The van der Waals surface area contributed by atoms with Crippen molar-refractivity contribution in [3.05, 3.63) is 101 Å². The van der Waals surface area contributed by atoms with Crippen molar-refractivity contribution in [1.29, 1.82) is 0 Å². The second-order valence-corrected chi connectivity index (χ2v) is 7.78. The van der Waals surface area contributed by atoms with Crippen LogP contribution in [0.3, 0.4) is 0 Å². The summed E-state index contributed by atoms with van der Waals surface area (Å²) >= 11 is 6.14. The molecule has 1 aliphatic rings. The van der Waals surface area contributed by atoms with Crippen LogP contribution < -0.4 is 21.1 Å². The van der Waals surface area contributed by atoms with Crippen LogP contribution in [-0.2, 0) is 11.2 Å². The Morgan fingerprint density at radius 3 is 2.72 bits per heavy atom. The lowest BCUT2D eigenvalue weighted by molar-refractivity contribution is -0.119. The lowest BCUT2D eigenvalue weighted by Gasteiger charge is -2.16. The lowest BCUT2D eigenvalue weighted by atomic mass is 10.1. The largest absolute Gasteiger partial charge is 0.327 e. The number of aryl methyl sites for hydroxylation is 1. The minimum absolute atomic E-state index is 0.146. The van der Waals surface area contributed by atoms with Crippen LogP contribution in [0.25, 0.3) is 0 Å². The van der Waals surface area contributed by atoms with Gasteiger partial charge in [-0.15, -0.1) is 0 Å². The van der Waals surface area contributed by atoms with Crippen LogP contribution in [-0.4, -0.2) is 23.3 Å². The van der Waals surface area contributed by atoms with Gasteiger partial charge in [0.1, 0.15) is 0 Å². The third kappa shape index (κ3) is 5.32. The van der Waals surface area contributed by atoms with Gasteiger partial charge in [-0.2, -0.15) is 0 Å². The van der Waals surface area contributed by atoms with Gasteiger partial charge in [0.05, 0.1) is 36.2 Å². The number of amides is 2. The first kappa shape index (κ1) is 21.5. The Labute approximate surface area is 191 Å². The highest BCUT2D eigenvalue weighted by Crippen LogP contribution is 2.20. The van der Waals surface area contributed by atoms with Gasteiger partial charge in [-0.25, -0.2) is 5.43 Å². The number of hydrogen-bond donors (Lipinski definition) is 3. The van der Waals surface area contributed by atoms with E-state index in [9.17, 15) is 9.59 Å². The molecule has 2 heterocycles. The van der Waals surface area contributed by atoms with E-state index in [1.54, 1.807) is 41.7 Å². The van der Waals surface area contributed by atoms with Crippen molar-refractivity contribution in [2.75, 3.05) is 16.9 Å². The maximum absolute atomic E-state index is 12.6. The van der Waals surface area contributed by atoms with Gasteiger partial charge in [0.25, 0.3) is 5.91 Å². The number of hydrazine groups is 1. The standard InChI is InChI=1S/C24H22ClN5O2/c1-16-9-10-19(13-26-16)29-24(32)18-6-4-7-21(11-18)30-15-20(14-27-30)28-23(31)12-17-5-2-3-8-22(17)25/h2-11,13,15,27H,12,14H2,1H3,(H,28,31)(H,29,32). The van der Waals surface area contributed by atoms with E-state index in [1.807, 2.05) is 43.3 Å². The molecule has 0 spiro atoms. The molecule has 2 aromatic carbocycles. The Balaban J connectivity index is 1.40. The second-order valence-electron chi connectivity index (χ2n) is 7.37. The fraction of sp³-hybridized carbons (Fsp3) is 0.125. The zero-order valence-electron chi connectivity index (χ0n) is 17.4. The highest BCUT2D eigenvalue weighted by Gasteiger charge is 2.17. The third-order valence-electron chi connectivity index (χ3n) is 4.89. The van der Waals surface area contributed by atoms with Crippen LogP contribution in [0.15, 0.2) is 78.8 Å². The van der Waals surface area contributed by atoms with Crippen molar-refractivity contribution in [1.82, 2.24) is 15.7 Å². The minimum Gasteiger partial charge on any atom is -0.327 e. The first-order chi connectivity index (χ1) is 15.5. The van der Waals surface area contributed by atoms with Crippen LogP contribution >= 0.6 is 11.6 Å². The van der Waals surface area contributed by atoms with Gasteiger partial charge in [0.15, 0.2) is 0 Å². The highest BCUT2D eigenvalue weighted by molar-refractivity contribution is 6.31. The molecule has 0 saturated heterocycles. The van der Waals surface area contributed by atoms with Gasteiger partial charge in [-0.3, -0.25) is 19.6 Å². The topological polar surface area (TPSA) is 86.4 Å². The molecule has 1 aliphatic heterocycles. The van der Waals surface area contributed by atoms with E-state index in [0.29, 0.717) is 22.8 Å². The smallest absolute Gasteiger partial charge is 0.255 e. The average Bonchev–Trinajstić information content (AvgIpc) is 3.25. The van der Waals surface area contributed by atoms with Crippen LogP contribution in [0.1, 0.15) is 21.6 Å². The molecule has 4 rings (SSSR count). The maximum atomic E-state index is 12.6. The molecular formula is C24H22ClN5O2. The molecule has 0 atom stereocenters. The lowest BCUT2D eigenvalue weighted by Crippen LogP contribution is -2.30. The molecule has 0 aliphatic carbocycles. The summed E-state index contributed by atoms with van der Waals surface area (Å²) < 4.78 is 0. The van der Waals surface area contributed by atoms with Gasteiger partial charge in [0, 0.05) is 22.5 Å². The Morgan fingerprint density at radius 2 is 1.94 bits per heavy atom. The molecule has 1 aromatic heterocycles. The molecule has 7 nitrogen and oxygen atoms in total. The van der Waals surface area contributed by atoms with E-state index in [2.05, 4.69) is 21.0 Å². The summed E-state index contributed by atoms with van der Waals surface area (Å²) in [5, 5.41) is 8.09. The molecule has 0 fully saturated rings. The van der Waals surface area contributed by atoms with Gasteiger partial charge >= 0.3 is 0 Å². The van der Waals surface area contributed by atoms with E-state index >= 15 is 0 Å². The molecule has 0 unspecified atom stereocenters. The molecular weight excluding hydrogens is 426 g/mol. The predicted octanol–water partition coefficient (Wildman–Crippen LogP) is 3.82. The first-order valence-electron chi connectivity index (χ1n) is 10.1. The van der Waals surface area contributed by atoms with E-state index in [4.69, 9.17) is 11.6 Å². The Morgan fingerprint density at radius 1 is 1.09 bits per heavy atom. The third-order valence-corrected chi connectivity index (χ3v) is 5.26. The number of rotatable bonds is 6. The molecule has 2 amide bonds. The number of nitrogens with one attached hydrogen (secondary N) is 3. The summed E-state index contributed by atoms with van der Waals surface area (Å²) in [5.41, 5.74) is 7.48. The fourth-order valence-corrected chi connectivity index (χ4v) is 3.44. The summed E-state index contributed by atoms with van der Waals surface area (Å²) in [4.78, 5) is 29.2. The number of anilines is 2. The zero-order valence-corrected chi connectivity index (χ0v) is 18.2. The number of carbonyl (C=O) groups is 2. The van der Waals surface area contributed by atoms with Crippen LogP contribution in [0, 0.1) is 6.92 Å². The van der Waals surface area contributed by atoms with Crippen molar-refractivity contribution in [2.24, 2.45) is 0 Å². The average molecular weight is 448 g/mol. The normalized spacial score (nSPS) is 12.9. The minimum atomic E-state index is -0.228. The van der Waals surface area contributed by atoms with E-state index in [-0.39, 0.29) is 18.2 Å². The van der Waals surface area contributed by atoms with Crippen LogP contribution in [0.4, 0.5) is 11.4 Å². The summed E-state index contributed by atoms with van der Waals surface area (Å²) in [6.45, 7) is 2.35. The number of carbonyl (C=O) groups excluding carboxylic acids is 2. The highest BCUT2D eigenvalue weighted by atomic mass is 35.5. The van der Waals surface area contributed by atoms with E-state index < -0.39 is 0 Å². The molecule has 0 radical (unpaired) electrons. The van der Waals surface area contributed by atoms with Crippen molar-refractivity contribution in [3.8, 4) is 0 Å². The SMILES string of the molecule is Cc1ccc(NC(=O)c2cccc(N3C=C(NC(=O)Cc4ccccc4Cl)CN3)c2)cn1. The molecule has 0 saturated carbocycles. The summed E-state index contributed by atoms with van der Waals surface area (Å²) in [6, 6.07) is 18.1. The fourth-order valence-electron chi connectivity index (χ4n) is 3.24. The number of hydrogen-bond acceptors (Lipinski definition) is 5. The van der Waals surface area contributed by atoms with Crippen molar-refractivity contribution in [2.45, 2.75) is 13.3 Å². The van der Waals surface area contributed by atoms with Gasteiger partial charge in [-0.1, -0.05) is 35.9 Å². The van der Waals surface area contributed by atoms with Gasteiger partial charge in [0.2, 0.25) is 5.91 Å².